The Labute approximate surface area is 667 Å². The van der Waals surface area contributed by atoms with E-state index in [4.69, 9.17) is 44.6 Å². The zero-order valence-corrected chi connectivity index (χ0v) is 75.5. The molecule has 0 saturated heterocycles. The molecule has 568 valence electrons. The van der Waals surface area contributed by atoms with E-state index in [9.17, 15) is 0 Å². The van der Waals surface area contributed by atoms with Crippen LogP contribution in [0, 0.1) is 49.4 Å². The van der Waals surface area contributed by atoms with E-state index in [0.717, 1.165) is 32.0 Å². The third-order valence-corrected chi connectivity index (χ3v) is 32.5. The molecule has 0 unspecified atom stereocenters. The molecule has 0 aliphatic carbocycles. The monoisotopic (exact) mass is 1860 g/mol. The molecule has 0 saturated carbocycles. The molecule has 0 amide bonds. The largest absolute Gasteiger partial charge is 2.00 e. The van der Waals surface area contributed by atoms with Crippen molar-refractivity contribution in [3.8, 4) is 67.6 Å². The molecule has 102 heavy (non-hydrogen) atoms. The molecule has 0 bridgehead atoms. The average Bonchev–Trinajstić information content (AvgIpc) is 1.54. The summed E-state index contributed by atoms with van der Waals surface area (Å²) in [4.78, 5) is 12.1. The van der Waals surface area contributed by atoms with E-state index in [-0.39, 0.29) is 73.8 Å². The zero-order valence-electron chi connectivity index (χ0n) is 65.3. The van der Waals surface area contributed by atoms with Gasteiger partial charge in [0.1, 0.15) is 37.9 Å². The minimum absolute atomic E-state index is 0. The number of nitrogens with zero attached hydrogens (tertiary/aromatic N) is 2. The maximum Gasteiger partial charge on any atom is 2.00 e. The van der Waals surface area contributed by atoms with E-state index in [1.165, 1.54) is 177 Å². The fraction of sp³-hybridized carbons (Fsp3) is 0.591. The van der Waals surface area contributed by atoms with Crippen molar-refractivity contribution in [2.75, 3.05) is 100 Å². The molecule has 14 heteroatoms. The summed E-state index contributed by atoms with van der Waals surface area (Å²) in [5.74, 6) is 11.8. The molecule has 3 aromatic carbocycles. The van der Waals surface area contributed by atoms with Crippen LogP contribution in [0.5, 0.6) is 23.0 Å². The summed E-state index contributed by atoms with van der Waals surface area (Å²) in [7, 11) is 0.270. The Bertz CT molecular complexity index is 2820. The Morgan fingerprint density at radius 3 is 0.716 bits per heavy atom. The number of hydrogen-bond acceptors (Lipinski definition) is 8. The van der Waals surface area contributed by atoms with Gasteiger partial charge in [0, 0.05) is 55.2 Å². The maximum absolute atomic E-state index is 7.63. The van der Waals surface area contributed by atoms with Gasteiger partial charge in [0.25, 0.3) is 0 Å². The summed E-state index contributed by atoms with van der Waals surface area (Å²) in [5.41, 5.74) is 4.72. The number of fused-ring (bicyclic) bond motifs is 3. The van der Waals surface area contributed by atoms with Gasteiger partial charge in [0.15, 0.2) is 11.5 Å². The van der Waals surface area contributed by atoms with E-state index in [1.54, 1.807) is 86.3 Å². The Kier molecular flexibility index (Phi) is 65.3. The van der Waals surface area contributed by atoms with Crippen LogP contribution in [-0.2, 0) is 42.1 Å². The SMILES string of the molecule is CCCC[PH+](CCCC)CCCC.CCCC[PH+](CCCC)CCCC.CCCC[PH+](CCCC)CCCC.CCCC[PH+](CCCC)CCCC.[C-]#Cc1ccccc1.[C-]#Cc1ccccc1.[C-]#Cc1sc(-c2ccc(-c3sc(C#[C-])c4c3OCCO4)c3nccnc23)c2c1OCCO2.[Pt+2].[Pt+2]. The molecule has 0 radical (unpaired) electrons. The standard InChI is InChI=1S/C24H12N2O4S2.4C12H27P.2C8H5.2Pt/c1-3-15-19-21(29-11-9-27-19)23(31-15)13-5-6-14(18-17(13)25-7-8-26-18)24-22-20(16(4-2)32-24)28-10-12-30-22;4*1-4-7-10-13(11-8-5-2)12-9-6-3;2*1-2-8-6-4-3-5-7-8;;/h5-8H,9-12H2;4*4-12H2,1-3H3;2*3-7H;;/q-2;;;;;2*-1;2*+2/p+4. The van der Waals surface area contributed by atoms with Gasteiger partial charge in [-0.05, 0) is 86.8 Å². The number of benzene rings is 3. The second-order valence-corrected chi connectivity index (χ2v) is 40.2. The van der Waals surface area contributed by atoms with Gasteiger partial charge >= 0.3 is 42.1 Å². The fourth-order valence-corrected chi connectivity index (χ4v) is 26.8. The first-order valence-corrected chi connectivity index (χ1v) is 49.4. The van der Waals surface area contributed by atoms with Crippen molar-refractivity contribution in [1.82, 2.24) is 9.97 Å². The molecule has 6 nitrogen and oxygen atoms in total. The van der Waals surface area contributed by atoms with Crippen molar-refractivity contribution in [2.45, 2.75) is 237 Å². The van der Waals surface area contributed by atoms with Crippen LogP contribution >= 0.6 is 54.4 Å². The molecule has 5 heterocycles. The minimum Gasteiger partial charge on any atom is -0.503 e. The van der Waals surface area contributed by atoms with Gasteiger partial charge in [-0.25, -0.2) is 22.7 Å². The topological polar surface area (TPSA) is 62.7 Å². The van der Waals surface area contributed by atoms with Gasteiger partial charge in [-0.1, -0.05) is 209 Å². The van der Waals surface area contributed by atoms with Gasteiger partial charge in [0.2, 0.25) is 0 Å². The zero-order chi connectivity index (χ0) is 73.1. The summed E-state index contributed by atoms with van der Waals surface area (Å²) < 4.78 is 23.3. The summed E-state index contributed by atoms with van der Waals surface area (Å²) in [6.07, 6.45) is 85.6. The third kappa shape index (κ3) is 41.3. The van der Waals surface area contributed by atoms with Crippen LogP contribution < -0.4 is 18.9 Å². The normalized spacial score (nSPS) is 11.3. The first kappa shape index (κ1) is 98.9. The average molecular weight is 1860 g/mol. The molecule has 0 atom stereocenters. The van der Waals surface area contributed by atoms with Crippen LogP contribution in [0.1, 0.15) is 258 Å². The molecular formula is C88H134N2O4P4Pt2S2+4. The van der Waals surface area contributed by atoms with Crippen molar-refractivity contribution < 1.29 is 61.1 Å². The van der Waals surface area contributed by atoms with Gasteiger partial charge in [-0.15, -0.1) is 35.4 Å². The summed E-state index contributed by atoms with van der Waals surface area (Å²) in [5, 5.41) is 0. The first-order valence-electron chi connectivity index (χ1n) is 39.3. The van der Waals surface area contributed by atoms with Gasteiger partial charge in [-0.3, -0.25) is 33.6 Å². The second-order valence-electron chi connectivity index (χ2n) is 26.1. The fourth-order valence-electron chi connectivity index (χ4n) is 11.5. The molecule has 3 aromatic heterocycles. The van der Waals surface area contributed by atoms with Crippen molar-refractivity contribution in [2.24, 2.45) is 0 Å². The number of thiophene rings is 2. The number of hydrogen-bond donors (Lipinski definition) is 0. The van der Waals surface area contributed by atoms with E-state index < -0.39 is 0 Å². The quantitative estimate of drug-likeness (QED) is 0.0219. The third-order valence-electron chi connectivity index (χ3n) is 17.6. The van der Waals surface area contributed by atoms with Crippen molar-refractivity contribution >= 4 is 65.4 Å². The minimum atomic E-state index is 0. The Morgan fingerprint density at radius 2 is 0.529 bits per heavy atom. The number of aromatic nitrogens is 2. The maximum atomic E-state index is 7.63. The predicted molar refractivity (Wildman–Crippen MR) is 457 cm³/mol. The van der Waals surface area contributed by atoms with Gasteiger partial charge in [0.05, 0.1) is 94.7 Å². The van der Waals surface area contributed by atoms with Crippen LogP contribution in [0.2, 0.25) is 0 Å². The summed E-state index contributed by atoms with van der Waals surface area (Å²) >= 11 is 2.76. The van der Waals surface area contributed by atoms with Crippen molar-refractivity contribution in [3.63, 3.8) is 0 Å². The first-order chi connectivity index (χ1) is 49.0. The molecule has 0 N–H and O–H groups in total. The smallest absolute Gasteiger partial charge is 0.503 e. The predicted octanol–water partition coefficient (Wildman–Crippen LogP) is 26.2. The molecule has 0 spiro atoms. The molecule has 2 aliphatic heterocycles. The Balaban J connectivity index is 0.00000125. The van der Waals surface area contributed by atoms with Crippen LogP contribution in [0.15, 0.2) is 85.2 Å². The van der Waals surface area contributed by atoms with Crippen LogP contribution in [0.4, 0.5) is 0 Å². The van der Waals surface area contributed by atoms with Crippen LogP contribution in [0.25, 0.3) is 31.9 Å². The molecular weight excluding hydrogens is 1730 g/mol. The second kappa shape index (κ2) is 67.3. The Hall–Kier alpha value is -3.06. The summed E-state index contributed by atoms with van der Waals surface area (Å²) in [6.45, 7) is 29.6. The van der Waals surface area contributed by atoms with Crippen LogP contribution in [-0.4, -0.2) is 110 Å². The number of ether oxygens (including phenoxy) is 4. The van der Waals surface area contributed by atoms with Crippen molar-refractivity contribution in [3.05, 3.63) is 132 Å². The van der Waals surface area contributed by atoms with Gasteiger partial charge < -0.3 is 44.6 Å². The van der Waals surface area contributed by atoms with E-state index >= 15 is 0 Å². The van der Waals surface area contributed by atoms with E-state index in [0.29, 0.717) is 70.2 Å². The molecule has 6 aromatic rings. The Morgan fingerprint density at radius 1 is 0.314 bits per heavy atom. The molecule has 0 fully saturated rings. The number of rotatable bonds is 38. The van der Waals surface area contributed by atoms with Crippen molar-refractivity contribution in [1.29, 1.82) is 0 Å². The summed E-state index contributed by atoms with van der Waals surface area (Å²) in [6, 6.07) is 22.7. The van der Waals surface area contributed by atoms with E-state index in [1.807, 2.05) is 72.8 Å². The molecule has 2 aliphatic rings. The molecule has 8 rings (SSSR count). The van der Waals surface area contributed by atoms with Gasteiger partial charge in [-0.2, -0.15) is 0 Å². The van der Waals surface area contributed by atoms with E-state index in [2.05, 4.69) is 117 Å². The number of unbranched alkanes of at least 4 members (excludes halogenated alkanes) is 12. The van der Waals surface area contributed by atoms with Crippen LogP contribution in [0.3, 0.4) is 0 Å².